The molecule has 1 aromatic rings. The first-order chi connectivity index (χ1) is 8.13. The van der Waals surface area contributed by atoms with Gasteiger partial charge in [-0.3, -0.25) is 0 Å². The normalized spacial score (nSPS) is 10.7. The van der Waals surface area contributed by atoms with E-state index in [1.165, 1.54) is 0 Å². The van der Waals surface area contributed by atoms with Crippen molar-refractivity contribution in [2.45, 2.75) is 26.2 Å². The molecule has 0 heterocycles. The Morgan fingerprint density at radius 3 is 2.24 bits per heavy atom. The van der Waals surface area contributed by atoms with Crippen molar-refractivity contribution >= 4 is 0 Å². The minimum atomic E-state index is 0.388. The van der Waals surface area contributed by atoms with Crippen molar-refractivity contribution in [1.82, 2.24) is 0 Å². The summed E-state index contributed by atoms with van der Waals surface area (Å²) in [6.45, 7) is 4.71. The summed E-state index contributed by atoms with van der Waals surface area (Å²) >= 11 is 0. The molecule has 4 heteroatoms. The Balaban J connectivity index is 3.13. The number of hydrogen-bond acceptors (Lipinski definition) is 4. The van der Waals surface area contributed by atoms with Crippen molar-refractivity contribution in [2.24, 2.45) is 5.90 Å². The fourth-order valence-corrected chi connectivity index (χ4v) is 1.80. The van der Waals surface area contributed by atoms with Crippen LogP contribution in [0, 0.1) is 0 Å². The molecule has 17 heavy (non-hydrogen) atoms. The van der Waals surface area contributed by atoms with Crippen molar-refractivity contribution in [3.8, 4) is 11.5 Å². The van der Waals surface area contributed by atoms with E-state index in [-0.39, 0.29) is 0 Å². The molecule has 0 aliphatic heterocycles. The maximum Gasteiger partial charge on any atom is 0.122 e. The van der Waals surface area contributed by atoms with E-state index >= 15 is 0 Å². The second-order valence-electron chi connectivity index (χ2n) is 4.18. The molecule has 0 aliphatic rings. The Kier molecular flexibility index (Phi) is 5.25. The zero-order valence-corrected chi connectivity index (χ0v) is 10.9. The summed E-state index contributed by atoms with van der Waals surface area (Å²) in [5.41, 5.74) is 2.18. The molecule has 0 atom stereocenters. The van der Waals surface area contributed by atoms with Gasteiger partial charge in [-0.2, -0.15) is 0 Å². The predicted octanol–water partition coefficient (Wildman–Crippen LogP) is 2.26. The van der Waals surface area contributed by atoms with Crippen LogP contribution in [0.1, 0.15) is 30.9 Å². The Bertz CT molecular complexity index is 364. The lowest BCUT2D eigenvalue weighted by Gasteiger charge is -2.16. The molecule has 0 fully saturated rings. The van der Waals surface area contributed by atoms with E-state index in [1.54, 1.807) is 14.2 Å². The molecule has 0 amide bonds. The van der Waals surface area contributed by atoms with Crippen LogP contribution >= 0.6 is 0 Å². The minimum Gasteiger partial charge on any atom is -0.496 e. The van der Waals surface area contributed by atoms with E-state index in [1.807, 2.05) is 12.1 Å². The maximum absolute atomic E-state index is 5.40. The van der Waals surface area contributed by atoms with Gasteiger partial charge in [0.15, 0.2) is 0 Å². The SMILES string of the molecule is COc1cc(C(C)C)c(OC)cc1CCON. The van der Waals surface area contributed by atoms with E-state index < -0.39 is 0 Å². The highest BCUT2D eigenvalue weighted by Gasteiger charge is 2.13. The van der Waals surface area contributed by atoms with Gasteiger partial charge in [0.2, 0.25) is 0 Å². The van der Waals surface area contributed by atoms with Gasteiger partial charge in [-0.25, -0.2) is 5.90 Å². The van der Waals surface area contributed by atoms with Crippen LogP contribution < -0.4 is 15.4 Å². The average molecular weight is 239 g/mol. The van der Waals surface area contributed by atoms with Crippen LogP contribution in [0.15, 0.2) is 12.1 Å². The summed E-state index contributed by atoms with van der Waals surface area (Å²) in [5.74, 6) is 7.17. The highest BCUT2D eigenvalue weighted by Crippen LogP contribution is 2.33. The first kappa shape index (κ1) is 13.8. The van der Waals surface area contributed by atoms with E-state index in [4.69, 9.17) is 15.4 Å². The molecule has 0 saturated heterocycles. The number of ether oxygens (including phenoxy) is 2. The van der Waals surface area contributed by atoms with Crippen LogP contribution in [0.3, 0.4) is 0 Å². The number of hydrogen-bond donors (Lipinski definition) is 1. The van der Waals surface area contributed by atoms with Gasteiger partial charge < -0.3 is 14.3 Å². The summed E-state index contributed by atoms with van der Waals surface area (Å²) in [6.07, 6.45) is 0.703. The Hall–Kier alpha value is -1.26. The van der Waals surface area contributed by atoms with Crippen LogP contribution in [0.25, 0.3) is 0 Å². The number of methoxy groups -OCH3 is 2. The predicted molar refractivity (Wildman–Crippen MR) is 67.5 cm³/mol. The fraction of sp³-hybridized carbons (Fsp3) is 0.538. The van der Waals surface area contributed by atoms with E-state index in [0.717, 1.165) is 22.6 Å². The average Bonchev–Trinajstić information content (AvgIpc) is 2.34. The van der Waals surface area contributed by atoms with Crippen molar-refractivity contribution in [1.29, 1.82) is 0 Å². The minimum absolute atomic E-state index is 0.388. The van der Waals surface area contributed by atoms with Crippen LogP contribution in [0.4, 0.5) is 0 Å². The maximum atomic E-state index is 5.40. The van der Waals surface area contributed by atoms with E-state index in [2.05, 4.69) is 18.7 Å². The molecular weight excluding hydrogens is 218 g/mol. The Morgan fingerprint density at radius 2 is 1.76 bits per heavy atom. The first-order valence-corrected chi connectivity index (χ1v) is 5.70. The lowest BCUT2D eigenvalue weighted by atomic mass is 9.98. The molecule has 4 nitrogen and oxygen atoms in total. The number of benzene rings is 1. The van der Waals surface area contributed by atoms with Gasteiger partial charge in [-0.05, 0) is 18.1 Å². The number of nitrogens with two attached hydrogens (primary N) is 1. The molecule has 2 N–H and O–H groups in total. The smallest absolute Gasteiger partial charge is 0.122 e. The summed E-state index contributed by atoms with van der Waals surface area (Å²) in [7, 11) is 3.34. The lowest BCUT2D eigenvalue weighted by Crippen LogP contribution is -2.06. The third-order valence-corrected chi connectivity index (χ3v) is 2.74. The van der Waals surface area contributed by atoms with Gasteiger partial charge in [-0.1, -0.05) is 13.8 Å². The first-order valence-electron chi connectivity index (χ1n) is 5.70. The molecule has 0 spiro atoms. The molecule has 0 aliphatic carbocycles. The zero-order chi connectivity index (χ0) is 12.8. The molecule has 1 aromatic carbocycles. The Labute approximate surface area is 103 Å². The second-order valence-corrected chi connectivity index (χ2v) is 4.18. The summed E-state index contributed by atoms with van der Waals surface area (Å²) in [4.78, 5) is 4.60. The highest BCUT2D eigenvalue weighted by atomic mass is 16.6. The molecule has 0 radical (unpaired) electrons. The molecule has 96 valence electrons. The van der Waals surface area contributed by atoms with E-state index in [0.29, 0.717) is 18.9 Å². The van der Waals surface area contributed by atoms with Crippen molar-refractivity contribution in [3.63, 3.8) is 0 Å². The monoisotopic (exact) mass is 239 g/mol. The van der Waals surface area contributed by atoms with Crippen molar-refractivity contribution in [2.75, 3.05) is 20.8 Å². The zero-order valence-electron chi connectivity index (χ0n) is 10.9. The van der Waals surface area contributed by atoms with Crippen LogP contribution in [-0.2, 0) is 11.3 Å². The van der Waals surface area contributed by atoms with E-state index in [9.17, 15) is 0 Å². The third kappa shape index (κ3) is 3.35. The van der Waals surface area contributed by atoms with Crippen LogP contribution in [-0.4, -0.2) is 20.8 Å². The quantitative estimate of drug-likeness (QED) is 0.774. The Morgan fingerprint density at radius 1 is 1.12 bits per heavy atom. The standard InChI is InChI=1S/C13H21NO3/c1-9(2)11-8-12(15-3)10(5-6-17-14)7-13(11)16-4/h7-9H,5-6,14H2,1-4H3. The van der Waals surface area contributed by atoms with Gasteiger partial charge in [0.05, 0.1) is 20.8 Å². The molecule has 1 rings (SSSR count). The highest BCUT2D eigenvalue weighted by molar-refractivity contribution is 5.48. The molecule has 0 bridgehead atoms. The van der Waals surface area contributed by atoms with Gasteiger partial charge in [0.25, 0.3) is 0 Å². The molecule has 0 unspecified atom stereocenters. The number of rotatable bonds is 6. The molecule has 0 aromatic heterocycles. The summed E-state index contributed by atoms with van der Waals surface area (Å²) in [6, 6.07) is 4.02. The fourth-order valence-electron chi connectivity index (χ4n) is 1.80. The van der Waals surface area contributed by atoms with Crippen molar-refractivity contribution < 1.29 is 14.3 Å². The van der Waals surface area contributed by atoms with Gasteiger partial charge in [0, 0.05) is 17.5 Å². The van der Waals surface area contributed by atoms with Crippen LogP contribution in [0.2, 0.25) is 0 Å². The third-order valence-electron chi connectivity index (χ3n) is 2.74. The van der Waals surface area contributed by atoms with Crippen LogP contribution in [0.5, 0.6) is 11.5 Å². The summed E-state index contributed by atoms with van der Waals surface area (Å²) in [5, 5.41) is 0. The topological polar surface area (TPSA) is 53.7 Å². The van der Waals surface area contributed by atoms with Crippen molar-refractivity contribution in [3.05, 3.63) is 23.3 Å². The molecular formula is C13H21NO3. The largest absolute Gasteiger partial charge is 0.496 e. The second kappa shape index (κ2) is 6.47. The van der Waals surface area contributed by atoms with Gasteiger partial charge in [0.1, 0.15) is 11.5 Å². The van der Waals surface area contributed by atoms with Gasteiger partial charge in [-0.15, -0.1) is 0 Å². The van der Waals surface area contributed by atoms with Gasteiger partial charge >= 0.3 is 0 Å². The summed E-state index contributed by atoms with van der Waals surface area (Å²) < 4.78 is 10.8. The molecule has 0 saturated carbocycles. The lowest BCUT2D eigenvalue weighted by molar-refractivity contribution is 0.140.